The normalized spacial score (nSPS) is 29.6. The smallest absolute Gasteiger partial charge is 0.248 e. The fourth-order valence-corrected chi connectivity index (χ4v) is 5.49. The highest BCUT2D eigenvalue weighted by molar-refractivity contribution is 5.79. The standard InChI is InChI=1S/C21H33N5O4/c1-15-22-20(30-24-15)21-10-17(9-16(21)11-26(14-21)19(28)13-29-2)23-18(27)12-25-7-5-3-4-6-8-25/h16-17H,3-14H2,1-2H3,(H,23,27)/t16-,17+,21-/m0/s1. The van der Waals surface area contributed by atoms with Crippen LogP contribution in [0.1, 0.15) is 50.2 Å². The third-order valence-corrected chi connectivity index (χ3v) is 6.88. The summed E-state index contributed by atoms with van der Waals surface area (Å²) < 4.78 is 10.6. The zero-order chi connectivity index (χ0) is 21.1. The summed E-state index contributed by atoms with van der Waals surface area (Å²) in [6, 6.07) is 0.0568. The lowest BCUT2D eigenvalue weighted by Crippen LogP contribution is -2.43. The molecule has 3 aliphatic rings. The maximum Gasteiger partial charge on any atom is 0.248 e. The lowest BCUT2D eigenvalue weighted by molar-refractivity contribution is -0.134. The summed E-state index contributed by atoms with van der Waals surface area (Å²) in [5, 5.41) is 7.23. The van der Waals surface area contributed by atoms with Crippen LogP contribution in [0.2, 0.25) is 0 Å². The minimum Gasteiger partial charge on any atom is -0.375 e. The predicted molar refractivity (Wildman–Crippen MR) is 109 cm³/mol. The first-order chi connectivity index (χ1) is 14.5. The van der Waals surface area contributed by atoms with Gasteiger partial charge in [-0.15, -0.1) is 0 Å². The topological polar surface area (TPSA) is 101 Å². The molecule has 2 saturated heterocycles. The van der Waals surface area contributed by atoms with Crippen LogP contribution < -0.4 is 5.32 Å². The summed E-state index contributed by atoms with van der Waals surface area (Å²) >= 11 is 0. The van der Waals surface area contributed by atoms with Crippen LogP contribution in [0.3, 0.4) is 0 Å². The molecule has 2 aliphatic heterocycles. The molecule has 9 heteroatoms. The number of fused-ring (bicyclic) bond motifs is 1. The lowest BCUT2D eigenvalue weighted by Gasteiger charge is -2.26. The highest BCUT2D eigenvalue weighted by Gasteiger charge is 2.58. The number of likely N-dealkylation sites (tertiary alicyclic amines) is 2. The van der Waals surface area contributed by atoms with E-state index in [4.69, 9.17) is 9.26 Å². The summed E-state index contributed by atoms with van der Waals surface area (Å²) in [7, 11) is 1.53. The van der Waals surface area contributed by atoms with Crippen LogP contribution in [0.25, 0.3) is 0 Å². The van der Waals surface area contributed by atoms with E-state index in [1.54, 1.807) is 6.92 Å². The van der Waals surface area contributed by atoms with Gasteiger partial charge in [0.1, 0.15) is 6.61 Å². The number of carbonyl (C=O) groups excluding carboxylic acids is 2. The van der Waals surface area contributed by atoms with Crippen LogP contribution in [0, 0.1) is 12.8 Å². The van der Waals surface area contributed by atoms with Crippen molar-refractivity contribution in [2.45, 2.75) is 56.9 Å². The number of aromatic nitrogens is 2. The Kier molecular flexibility index (Phi) is 6.38. The van der Waals surface area contributed by atoms with E-state index in [9.17, 15) is 9.59 Å². The van der Waals surface area contributed by atoms with Gasteiger partial charge in [-0.1, -0.05) is 18.0 Å². The van der Waals surface area contributed by atoms with Crippen molar-refractivity contribution < 1.29 is 18.8 Å². The fourth-order valence-electron chi connectivity index (χ4n) is 5.49. The molecule has 0 spiro atoms. The van der Waals surface area contributed by atoms with Crippen molar-refractivity contribution in [3.8, 4) is 0 Å². The monoisotopic (exact) mass is 419 g/mol. The number of rotatable bonds is 6. The number of amides is 2. The molecule has 1 aromatic rings. The summed E-state index contributed by atoms with van der Waals surface area (Å²) in [5.74, 6) is 1.42. The number of aryl methyl sites for hydroxylation is 1. The van der Waals surface area contributed by atoms with E-state index in [0.717, 1.165) is 19.5 Å². The van der Waals surface area contributed by atoms with Gasteiger partial charge in [0.25, 0.3) is 0 Å². The number of carbonyl (C=O) groups is 2. The van der Waals surface area contributed by atoms with E-state index >= 15 is 0 Å². The first-order valence-corrected chi connectivity index (χ1v) is 11.1. The van der Waals surface area contributed by atoms with Gasteiger partial charge in [0.2, 0.25) is 17.7 Å². The first kappa shape index (κ1) is 21.2. The van der Waals surface area contributed by atoms with Crippen molar-refractivity contribution in [1.82, 2.24) is 25.3 Å². The zero-order valence-electron chi connectivity index (χ0n) is 18.1. The third kappa shape index (κ3) is 4.37. The van der Waals surface area contributed by atoms with E-state index in [2.05, 4.69) is 20.4 Å². The Bertz CT molecular complexity index is 760. The second-order valence-electron chi connectivity index (χ2n) is 9.10. The van der Waals surface area contributed by atoms with Crippen molar-refractivity contribution in [2.75, 3.05) is 46.4 Å². The van der Waals surface area contributed by atoms with Gasteiger partial charge in [-0.2, -0.15) is 4.98 Å². The number of methoxy groups -OCH3 is 1. The van der Waals surface area contributed by atoms with Crippen molar-refractivity contribution >= 4 is 11.8 Å². The molecule has 4 rings (SSSR count). The van der Waals surface area contributed by atoms with E-state index < -0.39 is 5.41 Å². The molecule has 3 atom stereocenters. The zero-order valence-corrected chi connectivity index (χ0v) is 18.1. The van der Waals surface area contributed by atoms with E-state index in [1.165, 1.54) is 32.8 Å². The van der Waals surface area contributed by atoms with Crippen LogP contribution in [0.4, 0.5) is 0 Å². The molecule has 0 radical (unpaired) electrons. The van der Waals surface area contributed by atoms with E-state index in [1.807, 2.05) is 4.90 Å². The SMILES string of the molecule is COCC(=O)N1C[C@@H]2C[C@@H](NC(=O)CN3CCCCCC3)C[C@]2(c2nc(C)no2)C1. The van der Waals surface area contributed by atoms with Gasteiger partial charge < -0.3 is 19.5 Å². The molecule has 0 bridgehead atoms. The molecule has 1 aliphatic carbocycles. The molecule has 166 valence electrons. The van der Waals surface area contributed by atoms with Crippen LogP contribution >= 0.6 is 0 Å². The van der Waals surface area contributed by atoms with Gasteiger partial charge >= 0.3 is 0 Å². The average Bonchev–Trinajstić information content (AvgIpc) is 3.30. The molecule has 1 N–H and O–H groups in total. The molecular formula is C21H33N5O4. The van der Waals surface area contributed by atoms with Crippen molar-refractivity contribution in [1.29, 1.82) is 0 Å². The highest BCUT2D eigenvalue weighted by atomic mass is 16.5. The summed E-state index contributed by atoms with van der Waals surface area (Å²) in [5.41, 5.74) is -0.398. The summed E-state index contributed by atoms with van der Waals surface area (Å²) in [6.07, 6.45) is 6.37. The van der Waals surface area contributed by atoms with Crippen LogP contribution in [0.15, 0.2) is 4.52 Å². The molecular weight excluding hydrogens is 386 g/mol. The Morgan fingerprint density at radius 2 is 2.03 bits per heavy atom. The van der Waals surface area contributed by atoms with Gasteiger partial charge in [0, 0.05) is 26.2 Å². The first-order valence-electron chi connectivity index (χ1n) is 11.1. The molecule has 9 nitrogen and oxygen atoms in total. The minimum atomic E-state index is -0.398. The molecule has 1 saturated carbocycles. The number of ether oxygens (including phenoxy) is 1. The minimum absolute atomic E-state index is 0.0238. The molecule has 3 fully saturated rings. The number of hydrogen-bond acceptors (Lipinski definition) is 7. The second-order valence-corrected chi connectivity index (χ2v) is 9.10. The molecule has 30 heavy (non-hydrogen) atoms. The number of hydrogen-bond donors (Lipinski definition) is 1. The van der Waals surface area contributed by atoms with Crippen LogP contribution in [0.5, 0.6) is 0 Å². The number of nitrogens with zero attached hydrogens (tertiary/aromatic N) is 4. The third-order valence-electron chi connectivity index (χ3n) is 6.88. The predicted octanol–water partition coefficient (Wildman–Crippen LogP) is 0.875. The Balaban J connectivity index is 1.42. The molecule has 1 aromatic heterocycles. The quantitative estimate of drug-likeness (QED) is 0.730. The van der Waals surface area contributed by atoms with Gasteiger partial charge in [-0.3, -0.25) is 14.5 Å². The Morgan fingerprint density at radius 3 is 2.70 bits per heavy atom. The Hall–Kier alpha value is -2.00. The van der Waals surface area contributed by atoms with E-state index in [0.29, 0.717) is 37.8 Å². The highest BCUT2D eigenvalue weighted by Crippen LogP contribution is 2.50. The summed E-state index contributed by atoms with van der Waals surface area (Å²) in [6.45, 7) is 5.50. The van der Waals surface area contributed by atoms with Crippen LogP contribution in [-0.2, 0) is 19.7 Å². The fraction of sp³-hybridized carbons (Fsp3) is 0.810. The molecule has 3 heterocycles. The largest absolute Gasteiger partial charge is 0.375 e. The Morgan fingerprint density at radius 1 is 1.27 bits per heavy atom. The number of nitrogens with one attached hydrogen (secondary N) is 1. The van der Waals surface area contributed by atoms with Crippen LogP contribution in [-0.4, -0.2) is 84.2 Å². The lowest BCUT2D eigenvalue weighted by atomic mass is 9.80. The van der Waals surface area contributed by atoms with Gasteiger partial charge in [0.05, 0.1) is 12.0 Å². The molecule has 2 amide bonds. The second kappa shape index (κ2) is 9.01. The van der Waals surface area contributed by atoms with Gasteiger partial charge in [0.15, 0.2) is 5.82 Å². The maximum absolute atomic E-state index is 12.7. The maximum atomic E-state index is 12.7. The van der Waals surface area contributed by atoms with E-state index in [-0.39, 0.29) is 30.4 Å². The van der Waals surface area contributed by atoms with Crippen molar-refractivity contribution in [3.05, 3.63) is 11.7 Å². The van der Waals surface area contributed by atoms with Gasteiger partial charge in [-0.05, 0) is 51.6 Å². The molecule has 0 unspecified atom stereocenters. The van der Waals surface area contributed by atoms with Gasteiger partial charge in [-0.25, -0.2) is 0 Å². The Labute approximate surface area is 177 Å². The average molecular weight is 420 g/mol. The van der Waals surface area contributed by atoms with Crippen molar-refractivity contribution in [3.63, 3.8) is 0 Å². The molecule has 0 aromatic carbocycles. The summed E-state index contributed by atoms with van der Waals surface area (Å²) in [4.78, 5) is 33.8. The van der Waals surface area contributed by atoms with Crippen molar-refractivity contribution in [2.24, 2.45) is 5.92 Å².